The Morgan fingerprint density at radius 1 is 1.24 bits per heavy atom. The van der Waals surface area contributed by atoms with Crippen molar-refractivity contribution >= 4 is 23.4 Å². The van der Waals surface area contributed by atoms with Gasteiger partial charge in [-0.15, -0.1) is 0 Å². The molecule has 0 spiro atoms. The molecule has 0 amide bonds. The second kappa shape index (κ2) is 6.94. The van der Waals surface area contributed by atoms with Crippen LogP contribution in [0.2, 0.25) is 5.02 Å². The van der Waals surface area contributed by atoms with Crippen LogP contribution in [0.25, 0.3) is 0 Å². The number of hydrogen-bond acceptors (Lipinski definition) is 2. The van der Waals surface area contributed by atoms with Crippen LogP contribution in [0.5, 0.6) is 0 Å². The summed E-state index contributed by atoms with van der Waals surface area (Å²) in [5.41, 5.74) is 3.59. The van der Waals surface area contributed by atoms with Gasteiger partial charge in [0.2, 0.25) is 0 Å². The van der Waals surface area contributed by atoms with E-state index in [2.05, 4.69) is 22.1 Å². The first kappa shape index (κ1) is 14.4. The number of nitrogens with one attached hydrogen (secondary N) is 1. The molecule has 17 heavy (non-hydrogen) atoms. The number of imidazole rings is 1. The fourth-order valence-corrected chi connectivity index (χ4v) is 2.52. The summed E-state index contributed by atoms with van der Waals surface area (Å²) in [5, 5.41) is 0.789. The monoisotopic (exact) mass is 287 g/mol. The molecule has 0 aliphatic rings. The van der Waals surface area contributed by atoms with E-state index in [1.807, 2.05) is 30.8 Å². The first-order valence-corrected chi connectivity index (χ1v) is 6.60. The van der Waals surface area contributed by atoms with Crippen LogP contribution in [0.3, 0.4) is 0 Å². The third-order valence-electron chi connectivity index (χ3n) is 2.36. The molecule has 2 rings (SSSR count). The molecule has 1 N–H and O–H groups in total. The molecule has 0 fully saturated rings. The molecule has 0 bridgehead atoms. The highest BCUT2D eigenvalue weighted by Crippen LogP contribution is 2.19. The van der Waals surface area contributed by atoms with Gasteiger partial charge in [-0.1, -0.05) is 23.7 Å². The quantitative estimate of drug-likeness (QED) is 0.902. The molecule has 2 aromatic rings. The zero-order valence-electron chi connectivity index (χ0n) is 9.41. The van der Waals surface area contributed by atoms with Crippen LogP contribution < -0.4 is 12.4 Å². The van der Waals surface area contributed by atoms with Crippen LogP contribution in [0.15, 0.2) is 30.6 Å². The lowest BCUT2D eigenvalue weighted by molar-refractivity contribution is -0.00000339. The van der Waals surface area contributed by atoms with Crippen molar-refractivity contribution in [2.24, 2.45) is 0 Å². The SMILES string of the molecule is Cc1[nH]cnc1CSCc1ccc(Cl)cc1.[Cl-]. The van der Waals surface area contributed by atoms with E-state index in [1.54, 1.807) is 6.33 Å². The van der Waals surface area contributed by atoms with E-state index in [0.29, 0.717) is 0 Å². The topological polar surface area (TPSA) is 28.7 Å². The molecule has 1 aromatic heterocycles. The van der Waals surface area contributed by atoms with Gasteiger partial charge in [0.15, 0.2) is 0 Å². The number of aryl methyl sites for hydroxylation is 1. The third kappa shape index (κ3) is 4.26. The number of benzene rings is 1. The fourth-order valence-electron chi connectivity index (χ4n) is 1.38. The maximum Gasteiger partial charge on any atom is 0.0925 e. The Morgan fingerprint density at radius 2 is 1.94 bits per heavy atom. The lowest BCUT2D eigenvalue weighted by Crippen LogP contribution is -3.00. The van der Waals surface area contributed by atoms with E-state index in [-0.39, 0.29) is 12.4 Å². The Balaban J connectivity index is 0.00000144. The van der Waals surface area contributed by atoms with Crippen molar-refractivity contribution in [3.05, 3.63) is 52.6 Å². The number of H-pyrrole nitrogens is 1. The maximum atomic E-state index is 5.83. The molecule has 0 aliphatic heterocycles. The largest absolute Gasteiger partial charge is 1.00 e. The number of rotatable bonds is 4. The number of thioether (sulfide) groups is 1. The van der Waals surface area contributed by atoms with E-state index < -0.39 is 0 Å². The standard InChI is InChI=1S/C12H13ClN2S.ClH/c1-9-12(15-8-14-9)7-16-6-10-2-4-11(13)5-3-10;/h2-5,8H,6-7H2,1H3,(H,14,15);1H/p-1. The first-order chi connectivity index (χ1) is 7.75. The molecule has 2 nitrogen and oxygen atoms in total. The van der Waals surface area contributed by atoms with Crippen molar-refractivity contribution in [2.45, 2.75) is 18.4 Å². The molecule has 0 aliphatic carbocycles. The first-order valence-electron chi connectivity index (χ1n) is 5.07. The van der Waals surface area contributed by atoms with Crippen molar-refractivity contribution in [3.63, 3.8) is 0 Å². The predicted octanol–water partition coefficient (Wildman–Crippen LogP) is 0.809. The summed E-state index contributed by atoms with van der Waals surface area (Å²) < 4.78 is 0. The summed E-state index contributed by atoms with van der Waals surface area (Å²) in [6.45, 7) is 2.05. The Kier molecular flexibility index (Phi) is 5.89. The summed E-state index contributed by atoms with van der Waals surface area (Å²) in [6.07, 6.45) is 1.74. The van der Waals surface area contributed by atoms with Crippen molar-refractivity contribution in [1.29, 1.82) is 0 Å². The van der Waals surface area contributed by atoms with Gasteiger partial charge in [0.25, 0.3) is 0 Å². The zero-order valence-corrected chi connectivity index (χ0v) is 11.7. The minimum atomic E-state index is 0. The molecule has 0 saturated heterocycles. The van der Waals surface area contributed by atoms with Gasteiger partial charge in [-0.2, -0.15) is 11.8 Å². The van der Waals surface area contributed by atoms with Crippen molar-refractivity contribution in [1.82, 2.24) is 9.97 Å². The Morgan fingerprint density at radius 3 is 2.53 bits per heavy atom. The van der Waals surface area contributed by atoms with Crippen molar-refractivity contribution < 1.29 is 12.4 Å². The van der Waals surface area contributed by atoms with Crippen LogP contribution >= 0.6 is 23.4 Å². The van der Waals surface area contributed by atoms with Crippen LogP contribution in [0, 0.1) is 6.92 Å². The minimum absolute atomic E-state index is 0. The maximum absolute atomic E-state index is 5.83. The molecule has 92 valence electrons. The molecule has 5 heteroatoms. The van der Waals surface area contributed by atoms with Crippen LogP contribution in [0.1, 0.15) is 17.0 Å². The summed E-state index contributed by atoms with van der Waals surface area (Å²) in [4.78, 5) is 7.35. The third-order valence-corrected chi connectivity index (χ3v) is 3.62. The fraction of sp³-hybridized carbons (Fsp3) is 0.250. The average Bonchev–Trinajstić information content (AvgIpc) is 2.68. The highest BCUT2D eigenvalue weighted by molar-refractivity contribution is 7.97. The summed E-state index contributed by atoms with van der Waals surface area (Å²) >= 11 is 7.69. The average molecular weight is 288 g/mol. The van der Waals surface area contributed by atoms with E-state index >= 15 is 0 Å². The van der Waals surface area contributed by atoms with E-state index in [9.17, 15) is 0 Å². The summed E-state index contributed by atoms with van der Waals surface area (Å²) in [6, 6.07) is 7.98. The molecular formula is C12H13Cl2N2S-. The minimum Gasteiger partial charge on any atom is -1.00 e. The molecule has 0 atom stereocenters. The van der Waals surface area contributed by atoms with Crippen molar-refractivity contribution in [2.75, 3.05) is 0 Å². The van der Waals surface area contributed by atoms with Crippen LogP contribution in [-0.4, -0.2) is 9.97 Å². The van der Waals surface area contributed by atoms with Gasteiger partial charge >= 0.3 is 0 Å². The lowest BCUT2D eigenvalue weighted by atomic mass is 10.2. The summed E-state index contributed by atoms with van der Waals surface area (Å²) in [7, 11) is 0. The lowest BCUT2D eigenvalue weighted by Gasteiger charge is -2.01. The van der Waals surface area contributed by atoms with Gasteiger partial charge in [0.1, 0.15) is 0 Å². The van der Waals surface area contributed by atoms with Gasteiger partial charge in [0.05, 0.1) is 12.0 Å². The summed E-state index contributed by atoms with van der Waals surface area (Å²) in [5.74, 6) is 1.93. The van der Waals surface area contributed by atoms with Crippen LogP contribution in [-0.2, 0) is 11.5 Å². The normalized spacial score (nSPS) is 10.0. The number of hydrogen-bond donors (Lipinski definition) is 1. The zero-order chi connectivity index (χ0) is 11.4. The number of nitrogens with zero attached hydrogens (tertiary/aromatic N) is 1. The number of aromatic nitrogens is 2. The Bertz CT molecular complexity index is 454. The molecule has 1 heterocycles. The number of aromatic amines is 1. The molecule has 0 saturated carbocycles. The molecule has 1 aromatic carbocycles. The highest BCUT2D eigenvalue weighted by atomic mass is 35.5. The van der Waals surface area contributed by atoms with Gasteiger partial charge in [0, 0.05) is 22.2 Å². The Hall–Kier alpha value is -0.640. The Labute approximate surface area is 117 Å². The second-order valence-corrected chi connectivity index (χ2v) is 5.02. The smallest absolute Gasteiger partial charge is 0.0925 e. The van der Waals surface area contributed by atoms with E-state index in [4.69, 9.17) is 11.6 Å². The van der Waals surface area contributed by atoms with E-state index in [1.165, 1.54) is 5.56 Å². The molecule has 0 unspecified atom stereocenters. The predicted molar refractivity (Wildman–Crippen MR) is 69.8 cm³/mol. The second-order valence-electron chi connectivity index (χ2n) is 3.59. The van der Waals surface area contributed by atoms with Crippen molar-refractivity contribution in [3.8, 4) is 0 Å². The van der Waals surface area contributed by atoms with Gasteiger partial charge < -0.3 is 17.4 Å². The molecule has 0 radical (unpaired) electrons. The van der Waals surface area contributed by atoms with Crippen LogP contribution in [0.4, 0.5) is 0 Å². The van der Waals surface area contributed by atoms with E-state index in [0.717, 1.165) is 27.9 Å². The number of halogens is 2. The molecular weight excluding hydrogens is 275 g/mol. The van der Waals surface area contributed by atoms with Gasteiger partial charge in [-0.25, -0.2) is 4.98 Å². The van der Waals surface area contributed by atoms with Gasteiger partial charge in [-0.3, -0.25) is 0 Å². The highest BCUT2D eigenvalue weighted by Gasteiger charge is 2.01. The van der Waals surface area contributed by atoms with Gasteiger partial charge in [-0.05, 0) is 24.6 Å².